The van der Waals surface area contributed by atoms with Crippen molar-refractivity contribution in [2.75, 3.05) is 45.9 Å². The largest absolute Gasteiger partial charge is 0.484 e. The van der Waals surface area contributed by atoms with E-state index in [1.807, 2.05) is 36.1 Å². The van der Waals surface area contributed by atoms with Gasteiger partial charge in [-0.15, -0.1) is 0 Å². The maximum atomic E-state index is 12.2. The lowest BCUT2D eigenvalue weighted by atomic mass is 10.2. The van der Waals surface area contributed by atoms with Crippen LogP contribution < -0.4 is 4.74 Å². The van der Waals surface area contributed by atoms with Crippen molar-refractivity contribution in [2.45, 2.75) is 25.9 Å². The number of hydrogen-bond acceptors (Lipinski definition) is 4. The van der Waals surface area contributed by atoms with E-state index in [4.69, 9.17) is 9.47 Å². The molecule has 2 aliphatic rings. The molecule has 2 saturated heterocycles. The summed E-state index contributed by atoms with van der Waals surface area (Å²) in [6.45, 7) is 7.47. The maximum Gasteiger partial charge on any atom is 0.260 e. The average molecular weight is 318 g/mol. The minimum absolute atomic E-state index is 0.0716. The van der Waals surface area contributed by atoms with Crippen LogP contribution in [0.5, 0.6) is 5.75 Å². The first-order valence-electron chi connectivity index (χ1n) is 8.52. The van der Waals surface area contributed by atoms with Crippen molar-refractivity contribution in [3.63, 3.8) is 0 Å². The van der Waals surface area contributed by atoms with E-state index in [1.54, 1.807) is 0 Å². The van der Waals surface area contributed by atoms with Crippen LogP contribution in [-0.4, -0.2) is 67.7 Å². The van der Waals surface area contributed by atoms with Crippen LogP contribution in [0.15, 0.2) is 24.3 Å². The van der Waals surface area contributed by atoms with Gasteiger partial charge in [-0.2, -0.15) is 0 Å². The smallest absolute Gasteiger partial charge is 0.260 e. The van der Waals surface area contributed by atoms with Gasteiger partial charge in [0.1, 0.15) is 5.75 Å². The predicted molar refractivity (Wildman–Crippen MR) is 88.7 cm³/mol. The molecule has 1 atom stereocenters. The standard InChI is InChI=1S/C18H26N2O3/c1-15-4-6-16(7-5-15)23-14-18(21)20-10-8-19(9-11-20)13-17-3-2-12-22-17/h4-7,17H,2-3,8-14H2,1H3. The van der Waals surface area contributed by atoms with Gasteiger partial charge in [-0.1, -0.05) is 17.7 Å². The molecule has 2 aliphatic heterocycles. The highest BCUT2D eigenvalue weighted by atomic mass is 16.5. The average Bonchev–Trinajstić information content (AvgIpc) is 3.08. The van der Waals surface area contributed by atoms with E-state index < -0.39 is 0 Å². The van der Waals surface area contributed by atoms with Gasteiger partial charge in [0.05, 0.1) is 6.10 Å². The summed E-state index contributed by atoms with van der Waals surface area (Å²) in [5.41, 5.74) is 1.19. The summed E-state index contributed by atoms with van der Waals surface area (Å²) in [4.78, 5) is 16.6. The fourth-order valence-corrected chi connectivity index (χ4v) is 3.13. The summed E-state index contributed by atoms with van der Waals surface area (Å²) in [6.07, 6.45) is 2.74. The van der Waals surface area contributed by atoms with Gasteiger partial charge >= 0.3 is 0 Å². The van der Waals surface area contributed by atoms with Crippen LogP contribution in [0.2, 0.25) is 0 Å². The van der Waals surface area contributed by atoms with Gasteiger partial charge in [0.25, 0.3) is 5.91 Å². The first-order valence-corrected chi connectivity index (χ1v) is 8.52. The highest BCUT2D eigenvalue weighted by Crippen LogP contribution is 2.15. The van der Waals surface area contributed by atoms with Crippen molar-refractivity contribution in [3.8, 4) is 5.75 Å². The Kier molecular flexibility index (Phi) is 5.51. The molecule has 0 saturated carbocycles. The molecule has 126 valence electrons. The molecule has 0 spiro atoms. The quantitative estimate of drug-likeness (QED) is 0.829. The van der Waals surface area contributed by atoms with Crippen molar-refractivity contribution >= 4 is 5.91 Å². The highest BCUT2D eigenvalue weighted by molar-refractivity contribution is 5.77. The van der Waals surface area contributed by atoms with Crippen LogP contribution >= 0.6 is 0 Å². The van der Waals surface area contributed by atoms with Crippen LogP contribution in [0.4, 0.5) is 0 Å². The summed E-state index contributed by atoms with van der Waals surface area (Å²) < 4.78 is 11.3. The summed E-state index contributed by atoms with van der Waals surface area (Å²) in [7, 11) is 0. The monoisotopic (exact) mass is 318 g/mol. The normalized spacial score (nSPS) is 22.3. The number of hydrogen-bond donors (Lipinski definition) is 0. The maximum absolute atomic E-state index is 12.2. The molecule has 0 aliphatic carbocycles. The second kappa shape index (κ2) is 7.79. The molecule has 0 N–H and O–H groups in total. The molecule has 1 aromatic carbocycles. The third-order valence-electron chi connectivity index (χ3n) is 4.59. The highest BCUT2D eigenvalue weighted by Gasteiger charge is 2.24. The van der Waals surface area contributed by atoms with Crippen molar-refractivity contribution in [3.05, 3.63) is 29.8 Å². The van der Waals surface area contributed by atoms with E-state index in [1.165, 1.54) is 18.4 Å². The number of amides is 1. The van der Waals surface area contributed by atoms with E-state index in [0.717, 1.165) is 45.1 Å². The Balaban J connectivity index is 1.38. The SMILES string of the molecule is Cc1ccc(OCC(=O)N2CCN(CC3CCCO3)CC2)cc1. The number of nitrogens with zero attached hydrogens (tertiary/aromatic N) is 2. The molecule has 0 bridgehead atoms. The molecular formula is C18H26N2O3. The third kappa shape index (κ3) is 4.69. The van der Waals surface area contributed by atoms with Crippen molar-refractivity contribution < 1.29 is 14.3 Å². The van der Waals surface area contributed by atoms with Crippen LogP contribution in [0.3, 0.4) is 0 Å². The number of carbonyl (C=O) groups excluding carboxylic acids is 1. The van der Waals surface area contributed by atoms with Gasteiger partial charge in [-0.25, -0.2) is 0 Å². The van der Waals surface area contributed by atoms with Gasteiger partial charge in [-0.05, 0) is 31.9 Å². The van der Waals surface area contributed by atoms with Gasteiger partial charge < -0.3 is 14.4 Å². The van der Waals surface area contributed by atoms with E-state index in [0.29, 0.717) is 6.10 Å². The van der Waals surface area contributed by atoms with Crippen LogP contribution in [0.1, 0.15) is 18.4 Å². The predicted octanol–water partition coefficient (Wildman–Crippen LogP) is 1.70. The van der Waals surface area contributed by atoms with E-state index in [9.17, 15) is 4.79 Å². The molecule has 2 heterocycles. The lowest BCUT2D eigenvalue weighted by molar-refractivity contribution is -0.135. The van der Waals surface area contributed by atoms with E-state index in [-0.39, 0.29) is 12.5 Å². The first kappa shape index (κ1) is 16.3. The van der Waals surface area contributed by atoms with E-state index >= 15 is 0 Å². The van der Waals surface area contributed by atoms with Crippen molar-refractivity contribution in [1.82, 2.24) is 9.80 Å². The molecule has 1 unspecified atom stereocenters. The zero-order valence-corrected chi connectivity index (χ0v) is 13.9. The van der Waals surface area contributed by atoms with Gasteiger partial charge in [-0.3, -0.25) is 9.69 Å². The Hall–Kier alpha value is -1.59. The Morgan fingerprint density at radius 1 is 1.22 bits per heavy atom. The lowest BCUT2D eigenvalue weighted by Gasteiger charge is -2.35. The Morgan fingerprint density at radius 2 is 1.96 bits per heavy atom. The number of carbonyl (C=O) groups is 1. The third-order valence-corrected chi connectivity index (χ3v) is 4.59. The topological polar surface area (TPSA) is 42.0 Å². The number of rotatable bonds is 5. The fourth-order valence-electron chi connectivity index (χ4n) is 3.13. The number of ether oxygens (including phenoxy) is 2. The Morgan fingerprint density at radius 3 is 2.61 bits per heavy atom. The van der Waals surface area contributed by atoms with Gasteiger partial charge in [0.2, 0.25) is 0 Å². The molecule has 23 heavy (non-hydrogen) atoms. The second-order valence-corrected chi connectivity index (χ2v) is 6.42. The molecule has 0 radical (unpaired) electrons. The van der Waals surface area contributed by atoms with Crippen molar-refractivity contribution in [1.29, 1.82) is 0 Å². The fraction of sp³-hybridized carbons (Fsp3) is 0.611. The molecule has 1 amide bonds. The molecule has 0 aromatic heterocycles. The number of benzene rings is 1. The number of aryl methyl sites for hydroxylation is 1. The van der Waals surface area contributed by atoms with E-state index in [2.05, 4.69) is 4.90 Å². The van der Waals surface area contributed by atoms with Gasteiger partial charge in [0, 0.05) is 39.3 Å². The first-order chi connectivity index (χ1) is 11.2. The molecule has 5 heteroatoms. The zero-order valence-electron chi connectivity index (χ0n) is 13.9. The van der Waals surface area contributed by atoms with Crippen LogP contribution in [-0.2, 0) is 9.53 Å². The summed E-state index contributed by atoms with van der Waals surface area (Å²) >= 11 is 0. The summed E-state index contributed by atoms with van der Waals surface area (Å²) in [6, 6.07) is 7.79. The molecule has 3 rings (SSSR count). The summed E-state index contributed by atoms with van der Waals surface area (Å²) in [5.74, 6) is 0.823. The minimum atomic E-state index is 0.0716. The zero-order chi connectivity index (χ0) is 16.1. The minimum Gasteiger partial charge on any atom is -0.484 e. The Bertz CT molecular complexity index is 504. The van der Waals surface area contributed by atoms with Crippen molar-refractivity contribution in [2.24, 2.45) is 0 Å². The van der Waals surface area contributed by atoms with Crippen LogP contribution in [0.25, 0.3) is 0 Å². The van der Waals surface area contributed by atoms with Gasteiger partial charge in [0.15, 0.2) is 6.61 Å². The second-order valence-electron chi connectivity index (χ2n) is 6.42. The molecule has 5 nitrogen and oxygen atoms in total. The molecular weight excluding hydrogens is 292 g/mol. The lowest BCUT2D eigenvalue weighted by Crippen LogP contribution is -2.51. The Labute approximate surface area is 138 Å². The summed E-state index contributed by atoms with van der Waals surface area (Å²) in [5, 5.41) is 0. The van der Waals surface area contributed by atoms with Crippen LogP contribution in [0, 0.1) is 6.92 Å². The molecule has 2 fully saturated rings. The number of piperazine rings is 1. The molecule has 1 aromatic rings.